The van der Waals surface area contributed by atoms with Gasteiger partial charge >= 0.3 is 0 Å². The lowest BCUT2D eigenvalue weighted by Gasteiger charge is -2.10. The van der Waals surface area contributed by atoms with Crippen molar-refractivity contribution in [3.63, 3.8) is 0 Å². The van der Waals surface area contributed by atoms with Crippen LogP contribution in [0.15, 0.2) is 55.1 Å². The minimum absolute atomic E-state index is 0.191. The number of benzene rings is 2. The summed E-state index contributed by atoms with van der Waals surface area (Å²) in [6.45, 7) is 5.08. The number of rotatable bonds is 5. The molecular formula is C20H20N6O. The minimum Gasteiger partial charge on any atom is -0.328 e. The summed E-state index contributed by atoms with van der Waals surface area (Å²) in [6.07, 6.45) is 4.19. The van der Waals surface area contributed by atoms with Gasteiger partial charge in [-0.2, -0.15) is 0 Å². The van der Waals surface area contributed by atoms with Gasteiger partial charge in [-0.25, -0.2) is 4.98 Å². The van der Waals surface area contributed by atoms with Gasteiger partial charge in [0.15, 0.2) is 0 Å². The number of carbonyl (C=O) groups is 1. The van der Waals surface area contributed by atoms with Crippen molar-refractivity contribution in [1.82, 2.24) is 24.3 Å². The molecule has 4 aromatic rings. The number of anilines is 1. The fraction of sp³-hybridized carbons (Fsp3) is 0.200. The maximum atomic E-state index is 12.8. The highest BCUT2D eigenvalue weighted by Crippen LogP contribution is 2.22. The number of nitrogens with one attached hydrogen (secondary N) is 1. The van der Waals surface area contributed by atoms with E-state index < -0.39 is 0 Å². The van der Waals surface area contributed by atoms with E-state index in [9.17, 15) is 4.79 Å². The zero-order chi connectivity index (χ0) is 18.8. The van der Waals surface area contributed by atoms with E-state index in [0.717, 1.165) is 35.5 Å². The van der Waals surface area contributed by atoms with Crippen LogP contribution in [0, 0.1) is 6.92 Å². The summed E-state index contributed by atoms with van der Waals surface area (Å²) in [4.78, 5) is 17.5. The van der Waals surface area contributed by atoms with Crippen molar-refractivity contribution in [3.8, 4) is 5.69 Å². The molecule has 1 N–H and O–H groups in total. The third-order valence-corrected chi connectivity index (χ3v) is 4.49. The van der Waals surface area contributed by atoms with Gasteiger partial charge in [-0.15, -0.1) is 10.2 Å². The second kappa shape index (κ2) is 7.03. The Balaban J connectivity index is 1.64. The van der Waals surface area contributed by atoms with Gasteiger partial charge in [0.25, 0.3) is 5.91 Å². The van der Waals surface area contributed by atoms with Gasteiger partial charge in [0.1, 0.15) is 18.5 Å². The third-order valence-electron chi connectivity index (χ3n) is 4.49. The summed E-state index contributed by atoms with van der Waals surface area (Å²) in [5, 5.41) is 10.6. The first-order valence-electron chi connectivity index (χ1n) is 8.89. The lowest BCUT2D eigenvalue weighted by Crippen LogP contribution is -2.14. The van der Waals surface area contributed by atoms with E-state index in [0.29, 0.717) is 11.3 Å². The van der Waals surface area contributed by atoms with Crippen LogP contribution in [-0.4, -0.2) is 30.2 Å². The highest BCUT2D eigenvalue weighted by atomic mass is 16.1. The van der Waals surface area contributed by atoms with Gasteiger partial charge < -0.3 is 9.88 Å². The first-order valence-corrected chi connectivity index (χ1v) is 8.89. The van der Waals surface area contributed by atoms with Crippen LogP contribution in [0.1, 0.15) is 29.5 Å². The van der Waals surface area contributed by atoms with Crippen LogP contribution in [0.5, 0.6) is 0 Å². The summed E-state index contributed by atoms with van der Waals surface area (Å²) in [6, 6.07) is 13.2. The number of fused-ring (bicyclic) bond motifs is 1. The van der Waals surface area contributed by atoms with Gasteiger partial charge in [-0.1, -0.05) is 19.1 Å². The molecule has 4 rings (SSSR count). The van der Waals surface area contributed by atoms with Crippen molar-refractivity contribution in [2.24, 2.45) is 0 Å². The van der Waals surface area contributed by atoms with Crippen LogP contribution >= 0.6 is 0 Å². The molecular weight excluding hydrogens is 340 g/mol. The molecule has 0 radical (unpaired) electrons. The molecule has 7 heteroatoms. The van der Waals surface area contributed by atoms with Crippen molar-refractivity contribution in [1.29, 1.82) is 0 Å². The van der Waals surface area contributed by atoms with Crippen LogP contribution in [0.3, 0.4) is 0 Å². The smallest absolute Gasteiger partial charge is 0.257 e. The highest BCUT2D eigenvalue weighted by Gasteiger charge is 2.14. The molecule has 0 atom stereocenters. The molecule has 27 heavy (non-hydrogen) atoms. The molecule has 2 aromatic heterocycles. The standard InChI is InChI=1S/C20H20N6O/c1-3-10-26-14(2)23-17-11-15(8-9-19(17)26)24-20(27)16-6-4-5-7-18(16)25-12-21-22-13-25/h4-9,11-13H,3,10H2,1-2H3,(H,24,27). The Bertz CT molecular complexity index is 1100. The Morgan fingerprint density at radius 1 is 1.11 bits per heavy atom. The Morgan fingerprint density at radius 2 is 1.89 bits per heavy atom. The van der Waals surface area contributed by atoms with E-state index >= 15 is 0 Å². The third kappa shape index (κ3) is 3.19. The Morgan fingerprint density at radius 3 is 2.67 bits per heavy atom. The van der Waals surface area contributed by atoms with Crippen LogP contribution in [0.4, 0.5) is 5.69 Å². The number of imidazole rings is 1. The van der Waals surface area contributed by atoms with E-state index in [4.69, 9.17) is 0 Å². The predicted molar refractivity (Wildman–Crippen MR) is 104 cm³/mol. The molecule has 0 saturated carbocycles. The Labute approximate surface area is 156 Å². The molecule has 0 aliphatic carbocycles. The fourth-order valence-corrected chi connectivity index (χ4v) is 3.25. The normalized spacial score (nSPS) is 11.0. The van der Waals surface area contributed by atoms with Gasteiger partial charge in [-0.05, 0) is 43.7 Å². The van der Waals surface area contributed by atoms with Crippen LogP contribution in [0.2, 0.25) is 0 Å². The van der Waals surface area contributed by atoms with Crippen LogP contribution in [0.25, 0.3) is 16.7 Å². The van der Waals surface area contributed by atoms with Gasteiger partial charge in [0.05, 0.1) is 22.3 Å². The van der Waals surface area contributed by atoms with Gasteiger partial charge in [0.2, 0.25) is 0 Å². The second-order valence-corrected chi connectivity index (χ2v) is 6.35. The molecule has 2 heterocycles. The van der Waals surface area contributed by atoms with Gasteiger partial charge in [-0.3, -0.25) is 9.36 Å². The molecule has 2 aromatic carbocycles. The number of aromatic nitrogens is 5. The molecule has 0 saturated heterocycles. The number of nitrogens with zero attached hydrogens (tertiary/aromatic N) is 5. The number of amides is 1. The van der Waals surface area contributed by atoms with E-state index in [1.54, 1.807) is 23.3 Å². The maximum absolute atomic E-state index is 12.8. The summed E-state index contributed by atoms with van der Waals surface area (Å²) < 4.78 is 3.91. The number of para-hydroxylation sites is 1. The molecule has 7 nitrogen and oxygen atoms in total. The lowest BCUT2D eigenvalue weighted by molar-refractivity contribution is 0.102. The van der Waals surface area contributed by atoms with Crippen molar-refractivity contribution in [2.45, 2.75) is 26.8 Å². The number of hydrogen-bond acceptors (Lipinski definition) is 4. The number of hydrogen-bond donors (Lipinski definition) is 1. The number of carbonyl (C=O) groups excluding carboxylic acids is 1. The Kier molecular flexibility index (Phi) is 4.42. The molecule has 0 aliphatic heterocycles. The number of aryl methyl sites for hydroxylation is 2. The zero-order valence-corrected chi connectivity index (χ0v) is 15.3. The molecule has 0 bridgehead atoms. The molecule has 136 valence electrons. The summed E-state index contributed by atoms with van der Waals surface area (Å²) >= 11 is 0. The average molecular weight is 360 g/mol. The van der Waals surface area contributed by atoms with Crippen molar-refractivity contribution < 1.29 is 4.79 Å². The Hall–Kier alpha value is -3.48. The van der Waals surface area contributed by atoms with Crippen LogP contribution < -0.4 is 5.32 Å². The van der Waals surface area contributed by atoms with Crippen molar-refractivity contribution in [2.75, 3.05) is 5.32 Å². The first kappa shape index (κ1) is 17.0. The fourth-order valence-electron chi connectivity index (χ4n) is 3.25. The topological polar surface area (TPSA) is 77.6 Å². The van der Waals surface area contributed by atoms with Crippen LogP contribution in [-0.2, 0) is 6.54 Å². The summed E-state index contributed by atoms with van der Waals surface area (Å²) in [5.41, 5.74) is 3.95. The summed E-state index contributed by atoms with van der Waals surface area (Å²) in [7, 11) is 0. The molecule has 0 fully saturated rings. The second-order valence-electron chi connectivity index (χ2n) is 6.35. The molecule has 0 aliphatic rings. The largest absolute Gasteiger partial charge is 0.328 e. The quantitative estimate of drug-likeness (QED) is 0.590. The van der Waals surface area contributed by atoms with E-state index in [2.05, 4.69) is 32.0 Å². The van der Waals surface area contributed by atoms with E-state index in [1.807, 2.05) is 43.3 Å². The maximum Gasteiger partial charge on any atom is 0.257 e. The first-order chi connectivity index (χ1) is 13.2. The monoisotopic (exact) mass is 360 g/mol. The highest BCUT2D eigenvalue weighted by molar-refractivity contribution is 6.07. The predicted octanol–water partition coefficient (Wildman–Crippen LogP) is 3.59. The average Bonchev–Trinajstić information content (AvgIpc) is 3.30. The van der Waals surface area contributed by atoms with Crippen molar-refractivity contribution in [3.05, 3.63) is 66.5 Å². The van der Waals surface area contributed by atoms with E-state index in [-0.39, 0.29) is 5.91 Å². The van der Waals surface area contributed by atoms with Crippen molar-refractivity contribution >= 4 is 22.6 Å². The lowest BCUT2D eigenvalue weighted by atomic mass is 10.1. The SMILES string of the molecule is CCCn1c(C)nc2cc(NC(=O)c3ccccc3-n3cnnc3)ccc21. The minimum atomic E-state index is -0.191. The van der Waals surface area contributed by atoms with E-state index in [1.165, 1.54) is 0 Å². The summed E-state index contributed by atoms with van der Waals surface area (Å²) in [5.74, 6) is 0.789. The molecule has 1 amide bonds. The van der Waals surface area contributed by atoms with Gasteiger partial charge in [0, 0.05) is 12.2 Å². The zero-order valence-electron chi connectivity index (χ0n) is 15.3. The molecule has 0 unspecified atom stereocenters. The molecule has 0 spiro atoms.